The fraction of sp³-hybridized carbons (Fsp3) is 0.632. The van der Waals surface area contributed by atoms with E-state index in [1.807, 2.05) is 28.8 Å². The molecule has 0 aliphatic carbocycles. The van der Waals surface area contributed by atoms with Crippen LogP contribution in [0.3, 0.4) is 0 Å². The lowest BCUT2D eigenvalue weighted by molar-refractivity contribution is 0.175. The number of para-hydroxylation sites is 2. The van der Waals surface area contributed by atoms with Crippen LogP contribution in [0.1, 0.15) is 39.2 Å². The Morgan fingerprint density at radius 3 is 2.58 bits per heavy atom. The standard InChI is InChI=1S/C19H30N4O/c1-3-21(4-2)12-7-13-22-14-10-16(11-15-22)23-18-9-6-5-8-17(18)20-19(23)24/h5-6,8-9,16H,3-4,7,10-15H2,1-2H3,(H,20,24). The third kappa shape index (κ3) is 3.73. The largest absolute Gasteiger partial charge is 0.326 e. The van der Waals surface area contributed by atoms with Crippen LogP contribution in [-0.4, -0.2) is 58.6 Å². The number of nitrogens with one attached hydrogen (secondary N) is 1. The number of piperidine rings is 1. The maximum Gasteiger partial charge on any atom is 0.326 e. The van der Waals surface area contributed by atoms with E-state index in [9.17, 15) is 4.79 Å². The molecule has 1 fully saturated rings. The SMILES string of the molecule is CCN(CC)CCCN1CCC(n2c(=O)[nH]c3ccccc32)CC1. The number of hydrogen-bond acceptors (Lipinski definition) is 3. The number of rotatable bonds is 7. The van der Waals surface area contributed by atoms with Crippen molar-refractivity contribution in [1.29, 1.82) is 0 Å². The van der Waals surface area contributed by atoms with E-state index in [2.05, 4.69) is 28.6 Å². The number of H-pyrrole nitrogens is 1. The topological polar surface area (TPSA) is 44.3 Å². The van der Waals surface area contributed by atoms with Crippen molar-refractivity contribution in [3.63, 3.8) is 0 Å². The van der Waals surface area contributed by atoms with Gasteiger partial charge in [-0.3, -0.25) is 4.57 Å². The van der Waals surface area contributed by atoms with E-state index < -0.39 is 0 Å². The molecule has 132 valence electrons. The van der Waals surface area contributed by atoms with Gasteiger partial charge < -0.3 is 14.8 Å². The molecule has 1 aliphatic heterocycles. The van der Waals surface area contributed by atoms with Crippen molar-refractivity contribution in [1.82, 2.24) is 19.4 Å². The molecular formula is C19H30N4O. The number of hydrogen-bond donors (Lipinski definition) is 1. The number of aromatic amines is 1. The Bertz CT molecular complexity index is 693. The van der Waals surface area contributed by atoms with Gasteiger partial charge in [0.15, 0.2) is 0 Å². The summed E-state index contributed by atoms with van der Waals surface area (Å²) in [6.07, 6.45) is 3.36. The summed E-state index contributed by atoms with van der Waals surface area (Å²) in [4.78, 5) is 20.3. The van der Waals surface area contributed by atoms with Gasteiger partial charge in [0.25, 0.3) is 0 Å². The number of benzene rings is 1. The Kier molecular flexibility index (Phi) is 5.74. The van der Waals surface area contributed by atoms with Crippen molar-refractivity contribution in [3.05, 3.63) is 34.7 Å². The lowest BCUT2D eigenvalue weighted by Crippen LogP contribution is -2.38. The molecule has 0 atom stereocenters. The number of fused-ring (bicyclic) bond motifs is 1. The van der Waals surface area contributed by atoms with Crippen LogP contribution in [0.4, 0.5) is 0 Å². The zero-order valence-electron chi connectivity index (χ0n) is 15.0. The van der Waals surface area contributed by atoms with Crippen LogP contribution >= 0.6 is 0 Å². The fourth-order valence-electron chi connectivity index (χ4n) is 3.90. The summed E-state index contributed by atoms with van der Waals surface area (Å²) < 4.78 is 1.97. The first-order valence-corrected chi connectivity index (χ1v) is 9.36. The van der Waals surface area contributed by atoms with Gasteiger partial charge in [-0.2, -0.15) is 0 Å². The van der Waals surface area contributed by atoms with Gasteiger partial charge in [0.2, 0.25) is 0 Å². The molecule has 0 unspecified atom stereocenters. The molecule has 2 heterocycles. The van der Waals surface area contributed by atoms with E-state index in [1.54, 1.807) is 0 Å². The van der Waals surface area contributed by atoms with Gasteiger partial charge in [-0.25, -0.2) is 4.79 Å². The molecule has 1 N–H and O–H groups in total. The molecule has 0 amide bonds. The third-order valence-corrected chi connectivity index (χ3v) is 5.39. The first kappa shape index (κ1) is 17.2. The monoisotopic (exact) mass is 330 g/mol. The Balaban J connectivity index is 1.55. The molecule has 1 saturated heterocycles. The average molecular weight is 330 g/mol. The molecular weight excluding hydrogens is 300 g/mol. The minimum Gasteiger partial charge on any atom is -0.306 e. The molecule has 1 aromatic carbocycles. The van der Waals surface area contributed by atoms with Crippen molar-refractivity contribution < 1.29 is 0 Å². The first-order chi connectivity index (χ1) is 11.7. The summed E-state index contributed by atoms with van der Waals surface area (Å²) in [5.41, 5.74) is 2.03. The molecule has 0 spiro atoms. The molecule has 1 aromatic heterocycles. The van der Waals surface area contributed by atoms with E-state index in [-0.39, 0.29) is 5.69 Å². The normalized spacial score (nSPS) is 17.1. The van der Waals surface area contributed by atoms with Crippen LogP contribution in [0, 0.1) is 0 Å². The molecule has 24 heavy (non-hydrogen) atoms. The molecule has 3 rings (SSSR count). The highest BCUT2D eigenvalue weighted by molar-refractivity contribution is 5.75. The van der Waals surface area contributed by atoms with Gasteiger partial charge in [0.05, 0.1) is 11.0 Å². The molecule has 0 radical (unpaired) electrons. The molecule has 5 nitrogen and oxygen atoms in total. The van der Waals surface area contributed by atoms with Crippen molar-refractivity contribution in [2.45, 2.75) is 39.2 Å². The number of imidazole rings is 1. The van der Waals surface area contributed by atoms with Gasteiger partial charge in [0, 0.05) is 19.1 Å². The predicted octanol–water partition coefficient (Wildman–Crippen LogP) is 2.70. The van der Waals surface area contributed by atoms with Gasteiger partial charge in [-0.1, -0.05) is 26.0 Å². The maximum atomic E-state index is 12.3. The second kappa shape index (κ2) is 7.99. The van der Waals surface area contributed by atoms with Gasteiger partial charge in [0.1, 0.15) is 0 Å². The number of likely N-dealkylation sites (tertiary alicyclic amines) is 1. The summed E-state index contributed by atoms with van der Waals surface area (Å²) >= 11 is 0. The Hall–Kier alpha value is -1.59. The van der Waals surface area contributed by atoms with Crippen LogP contribution in [0.2, 0.25) is 0 Å². The lowest BCUT2D eigenvalue weighted by atomic mass is 10.0. The highest BCUT2D eigenvalue weighted by atomic mass is 16.1. The van der Waals surface area contributed by atoms with E-state index >= 15 is 0 Å². The molecule has 0 bridgehead atoms. The van der Waals surface area contributed by atoms with Crippen LogP contribution in [0.5, 0.6) is 0 Å². The van der Waals surface area contributed by atoms with Crippen LogP contribution in [0.15, 0.2) is 29.1 Å². The maximum absolute atomic E-state index is 12.3. The smallest absolute Gasteiger partial charge is 0.306 e. The Morgan fingerprint density at radius 1 is 1.17 bits per heavy atom. The van der Waals surface area contributed by atoms with Crippen LogP contribution in [-0.2, 0) is 0 Å². The number of nitrogens with zero attached hydrogens (tertiary/aromatic N) is 3. The molecule has 5 heteroatoms. The average Bonchev–Trinajstić information content (AvgIpc) is 2.95. The fourth-order valence-corrected chi connectivity index (χ4v) is 3.90. The van der Waals surface area contributed by atoms with Crippen molar-refractivity contribution >= 4 is 11.0 Å². The van der Waals surface area contributed by atoms with E-state index in [1.165, 1.54) is 19.5 Å². The Morgan fingerprint density at radius 2 is 1.88 bits per heavy atom. The summed E-state index contributed by atoms with van der Waals surface area (Å²) in [5, 5.41) is 0. The van der Waals surface area contributed by atoms with Crippen molar-refractivity contribution in [2.75, 3.05) is 39.3 Å². The minimum atomic E-state index is 0.0381. The highest BCUT2D eigenvalue weighted by Gasteiger charge is 2.23. The molecule has 0 saturated carbocycles. The van der Waals surface area contributed by atoms with Crippen molar-refractivity contribution in [2.24, 2.45) is 0 Å². The summed E-state index contributed by atoms with van der Waals surface area (Å²) in [5.74, 6) is 0. The number of aromatic nitrogens is 2. The van der Waals surface area contributed by atoms with Gasteiger partial charge in [-0.15, -0.1) is 0 Å². The highest BCUT2D eigenvalue weighted by Crippen LogP contribution is 2.24. The summed E-state index contributed by atoms with van der Waals surface area (Å²) in [6, 6.07) is 8.34. The molecule has 1 aliphatic rings. The zero-order valence-corrected chi connectivity index (χ0v) is 15.0. The minimum absolute atomic E-state index is 0.0381. The Labute approximate surface area is 144 Å². The van der Waals surface area contributed by atoms with E-state index in [0.717, 1.165) is 50.1 Å². The first-order valence-electron chi connectivity index (χ1n) is 9.36. The second-order valence-corrected chi connectivity index (χ2v) is 6.77. The van der Waals surface area contributed by atoms with Gasteiger partial charge in [-0.05, 0) is 57.6 Å². The quantitative estimate of drug-likeness (QED) is 0.849. The summed E-state index contributed by atoms with van der Waals surface area (Å²) in [7, 11) is 0. The lowest BCUT2D eigenvalue weighted by Gasteiger charge is -2.33. The van der Waals surface area contributed by atoms with Crippen LogP contribution < -0.4 is 5.69 Å². The molecule has 2 aromatic rings. The third-order valence-electron chi connectivity index (χ3n) is 5.39. The predicted molar refractivity (Wildman–Crippen MR) is 99.7 cm³/mol. The second-order valence-electron chi connectivity index (χ2n) is 6.77. The van der Waals surface area contributed by atoms with Gasteiger partial charge >= 0.3 is 5.69 Å². The van der Waals surface area contributed by atoms with E-state index in [0.29, 0.717) is 6.04 Å². The van der Waals surface area contributed by atoms with Crippen molar-refractivity contribution in [3.8, 4) is 0 Å². The van der Waals surface area contributed by atoms with E-state index in [4.69, 9.17) is 0 Å². The van der Waals surface area contributed by atoms with Crippen LogP contribution in [0.25, 0.3) is 11.0 Å². The summed E-state index contributed by atoms with van der Waals surface area (Å²) in [6.45, 7) is 11.3. The zero-order chi connectivity index (χ0) is 16.9.